The van der Waals surface area contributed by atoms with Gasteiger partial charge in [-0.1, -0.05) is 25.3 Å². The van der Waals surface area contributed by atoms with E-state index in [2.05, 4.69) is 32.3 Å². The van der Waals surface area contributed by atoms with Crippen LogP contribution in [-0.2, 0) is 13.1 Å². The SMILES string of the molecule is CN(C(=O)c1coc(CN2CCN(Cc3cccs3)CC2)n1)C1CCCCC1. The van der Waals surface area contributed by atoms with Crippen LogP contribution in [0.15, 0.2) is 28.2 Å². The Morgan fingerprint density at radius 3 is 2.57 bits per heavy atom. The van der Waals surface area contributed by atoms with Crippen LogP contribution in [-0.4, -0.2) is 64.9 Å². The van der Waals surface area contributed by atoms with Gasteiger partial charge in [0.25, 0.3) is 5.91 Å². The molecule has 2 aliphatic rings. The van der Waals surface area contributed by atoms with Crippen LogP contribution >= 0.6 is 11.3 Å². The van der Waals surface area contributed by atoms with Crippen LogP contribution in [0.4, 0.5) is 0 Å². The zero-order valence-corrected chi connectivity index (χ0v) is 17.5. The van der Waals surface area contributed by atoms with Gasteiger partial charge < -0.3 is 9.32 Å². The maximum absolute atomic E-state index is 12.7. The van der Waals surface area contributed by atoms with Crippen LogP contribution in [0.5, 0.6) is 0 Å². The summed E-state index contributed by atoms with van der Waals surface area (Å²) >= 11 is 1.82. The Bertz CT molecular complexity index is 746. The summed E-state index contributed by atoms with van der Waals surface area (Å²) < 4.78 is 5.63. The van der Waals surface area contributed by atoms with Crippen LogP contribution in [0.3, 0.4) is 0 Å². The number of rotatable bonds is 6. The Labute approximate surface area is 171 Å². The van der Waals surface area contributed by atoms with Crippen molar-refractivity contribution in [3.8, 4) is 0 Å². The summed E-state index contributed by atoms with van der Waals surface area (Å²) in [5.74, 6) is 0.634. The van der Waals surface area contributed by atoms with E-state index in [0.717, 1.165) is 45.6 Å². The van der Waals surface area contributed by atoms with Crippen LogP contribution in [0.2, 0.25) is 0 Å². The molecular formula is C21H30N4O2S. The van der Waals surface area contributed by atoms with E-state index in [1.165, 1.54) is 30.4 Å². The van der Waals surface area contributed by atoms with Gasteiger partial charge in [0, 0.05) is 50.7 Å². The van der Waals surface area contributed by atoms with Gasteiger partial charge in [-0.2, -0.15) is 0 Å². The number of amides is 1. The van der Waals surface area contributed by atoms with Crippen LogP contribution in [0.25, 0.3) is 0 Å². The summed E-state index contributed by atoms with van der Waals surface area (Å²) in [6.45, 7) is 5.81. The number of hydrogen-bond donors (Lipinski definition) is 0. The van der Waals surface area contributed by atoms with Crippen molar-refractivity contribution < 1.29 is 9.21 Å². The minimum Gasteiger partial charge on any atom is -0.447 e. The smallest absolute Gasteiger partial charge is 0.275 e. The zero-order chi connectivity index (χ0) is 19.3. The summed E-state index contributed by atoms with van der Waals surface area (Å²) in [6.07, 6.45) is 7.44. The second-order valence-corrected chi connectivity index (χ2v) is 9.00. The van der Waals surface area contributed by atoms with Crippen molar-refractivity contribution in [1.82, 2.24) is 19.7 Å². The quantitative estimate of drug-likeness (QED) is 0.741. The van der Waals surface area contributed by atoms with E-state index in [4.69, 9.17) is 4.42 Å². The Kier molecular flexibility index (Phi) is 6.44. The molecule has 0 unspecified atom stereocenters. The Hall–Kier alpha value is -1.70. The molecule has 1 saturated heterocycles. The number of carbonyl (C=O) groups is 1. The average Bonchev–Trinajstić information content (AvgIpc) is 3.41. The largest absolute Gasteiger partial charge is 0.447 e. The van der Waals surface area contributed by atoms with Crippen molar-refractivity contribution in [1.29, 1.82) is 0 Å². The molecule has 3 heterocycles. The van der Waals surface area contributed by atoms with E-state index in [1.54, 1.807) is 0 Å². The van der Waals surface area contributed by atoms with Crippen molar-refractivity contribution in [2.75, 3.05) is 33.2 Å². The van der Waals surface area contributed by atoms with Gasteiger partial charge in [-0.3, -0.25) is 14.6 Å². The first-order chi connectivity index (χ1) is 13.7. The molecule has 0 bridgehead atoms. The molecule has 1 aliphatic heterocycles. The summed E-state index contributed by atoms with van der Waals surface area (Å²) in [7, 11) is 1.90. The van der Waals surface area contributed by atoms with Crippen molar-refractivity contribution >= 4 is 17.2 Å². The molecule has 6 nitrogen and oxygen atoms in total. The van der Waals surface area contributed by atoms with E-state index in [0.29, 0.717) is 24.2 Å². The molecule has 0 aromatic carbocycles. The van der Waals surface area contributed by atoms with Gasteiger partial charge in [0.15, 0.2) is 5.69 Å². The molecule has 1 aliphatic carbocycles. The molecule has 1 saturated carbocycles. The van der Waals surface area contributed by atoms with Gasteiger partial charge in [0.2, 0.25) is 5.89 Å². The molecule has 2 aromatic heterocycles. The maximum atomic E-state index is 12.7. The van der Waals surface area contributed by atoms with Gasteiger partial charge in [0.1, 0.15) is 6.26 Å². The molecule has 0 spiro atoms. The summed E-state index contributed by atoms with van der Waals surface area (Å²) in [4.78, 5) is 25.4. The lowest BCUT2D eigenvalue weighted by molar-refractivity contribution is 0.0690. The standard InChI is InChI=1S/C21H30N4O2S/c1-23(17-6-3-2-4-7-17)21(26)19-16-27-20(22-19)15-25-11-9-24(10-12-25)14-18-8-5-13-28-18/h5,8,13,16-17H,2-4,6-7,9-12,14-15H2,1H3. The fraction of sp³-hybridized carbons (Fsp3) is 0.619. The first-order valence-corrected chi connectivity index (χ1v) is 11.3. The number of aromatic nitrogens is 1. The van der Waals surface area contributed by atoms with Crippen LogP contribution < -0.4 is 0 Å². The molecule has 4 rings (SSSR count). The summed E-state index contributed by atoms with van der Waals surface area (Å²) in [6, 6.07) is 4.66. The van der Waals surface area contributed by atoms with Crippen molar-refractivity contribution in [3.63, 3.8) is 0 Å². The molecule has 152 valence electrons. The van der Waals surface area contributed by atoms with E-state index in [9.17, 15) is 4.79 Å². The fourth-order valence-corrected chi connectivity index (χ4v) is 4.96. The number of nitrogens with zero attached hydrogens (tertiary/aromatic N) is 4. The van der Waals surface area contributed by atoms with E-state index in [-0.39, 0.29) is 5.91 Å². The fourth-order valence-electron chi connectivity index (χ4n) is 4.22. The Morgan fingerprint density at radius 2 is 1.89 bits per heavy atom. The zero-order valence-electron chi connectivity index (χ0n) is 16.7. The minimum absolute atomic E-state index is 0.0114. The lowest BCUT2D eigenvalue weighted by atomic mass is 9.94. The van der Waals surface area contributed by atoms with Crippen molar-refractivity contribution in [2.24, 2.45) is 0 Å². The number of thiophene rings is 1. The molecule has 0 radical (unpaired) electrons. The first kappa shape index (κ1) is 19.6. The maximum Gasteiger partial charge on any atom is 0.275 e. The molecule has 7 heteroatoms. The second-order valence-electron chi connectivity index (χ2n) is 7.97. The highest BCUT2D eigenvalue weighted by Crippen LogP contribution is 2.23. The molecule has 2 fully saturated rings. The normalized spacial score (nSPS) is 19.8. The molecule has 0 atom stereocenters. The monoisotopic (exact) mass is 402 g/mol. The lowest BCUT2D eigenvalue weighted by Crippen LogP contribution is -2.45. The highest BCUT2D eigenvalue weighted by atomic mass is 32.1. The summed E-state index contributed by atoms with van der Waals surface area (Å²) in [5.41, 5.74) is 0.444. The molecule has 28 heavy (non-hydrogen) atoms. The lowest BCUT2D eigenvalue weighted by Gasteiger charge is -2.33. The predicted octanol–water partition coefficient (Wildman–Crippen LogP) is 3.46. The molecular weight excluding hydrogens is 372 g/mol. The highest BCUT2D eigenvalue weighted by molar-refractivity contribution is 7.09. The van der Waals surface area contributed by atoms with Crippen LogP contribution in [0, 0.1) is 0 Å². The molecule has 0 N–H and O–H groups in total. The van der Waals surface area contributed by atoms with E-state index < -0.39 is 0 Å². The van der Waals surface area contributed by atoms with Crippen molar-refractivity contribution in [3.05, 3.63) is 40.2 Å². The number of piperazine rings is 1. The van der Waals surface area contributed by atoms with Crippen molar-refractivity contribution in [2.45, 2.75) is 51.2 Å². The number of carbonyl (C=O) groups excluding carboxylic acids is 1. The minimum atomic E-state index is -0.0114. The second kappa shape index (κ2) is 9.20. The predicted molar refractivity (Wildman–Crippen MR) is 110 cm³/mol. The number of hydrogen-bond acceptors (Lipinski definition) is 6. The molecule has 1 amide bonds. The third kappa shape index (κ3) is 4.82. The first-order valence-electron chi connectivity index (χ1n) is 10.4. The van der Waals surface area contributed by atoms with Gasteiger partial charge in [-0.05, 0) is 24.3 Å². The number of oxazole rings is 1. The van der Waals surface area contributed by atoms with E-state index in [1.807, 2.05) is 23.3 Å². The van der Waals surface area contributed by atoms with Gasteiger partial charge >= 0.3 is 0 Å². The van der Waals surface area contributed by atoms with Crippen LogP contribution in [0.1, 0.15) is 53.4 Å². The summed E-state index contributed by atoms with van der Waals surface area (Å²) in [5, 5.41) is 2.14. The Balaban J connectivity index is 1.26. The van der Waals surface area contributed by atoms with Gasteiger partial charge in [-0.25, -0.2) is 4.98 Å². The Morgan fingerprint density at radius 1 is 1.18 bits per heavy atom. The third-order valence-electron chi connectivity index (χ3n) is 6.00. The van der Waals surface area contributed by atoms with Gasteiger partial charge in [0.05, 0.1) is 6.54 Å². The third-order valence-corrected chi connectivity index (χ3v) is 6.86. The highest BCUT2D eigenvalue weighted by Gasteiger charge is 2.26. The topological polar surface area (TPSA) is 52.8 Å². The van der Waals surface area contributed by atoms with Gasteiger partial charge in [-0.15, -0.1) is 11.3 Å². The average molecular weight is 403 g/mol. The molecule has 2 aromatic rings. The van der Waals surface area contributed by atoms with E-state index >= 15 is 0 Å².